The molecule has 5 heteroatoms. The minimum absolute atomic E-state index is 0.340. The Bertz CT molecular complexity index is 548. The Hall–Kier alpha value is -2.43. The Balaban J connectivity index is 2.12. The van der Waals surface area contributed by atoms with E-state index in [-0.39, 0.29) is 0 Å². The maximum Gasteiger partial charge on any atom is 0.334 e. The van der Waals surface area contributed by atoms with Gasteiger partial charge in [-0.15, -0.1) is 0 Å². The van der Waals surface area contributed by atoms with E-state index in [9.17, 15) is 9.59 Å². The van der Waals surface area contributed by atoms with Crippen LogP contribution in [0.25, 0.3) is 0 Å². The van der Waals surface area contributed by atoms with Crippen LogP contribution in [0.3, 0.4) is 0 Å². The number of carbonyl (C=O) groups excluding carboxylic acids is 2. The third-order valence-corrected chi connectivity index (χ3v) is 2.54. The maximum atomic E-state index is 11.9. The van der Waals surface area contributed by atoms with E-state index in [1.807, 2.05) is 6.07 Å². The summed E-state index contributed by atoms with van der Waals surface area (Å²) in [6, 6.07) is 8.18. The van der Waals surface area contributed by atoms with E-state index in [4.69, 9.17) is 4.74 Å². The van der Waals surface area contributed by atoms with E-state index < -0.39 is 12.0 Å². The fourth-order valence-corrected chi connectivity index (χ4v) is 1.53. The second-order valence-electron chi connectivity index (χ2n) is 3.75. The number of esters is 1. The van der Waals surface area contributed by atoms with Crippen LogP contribution in [0.15, 0.2) is 42.9 Å². The summed E-state index contributed by atoms with van der Waals surface area (Å²) in [6.45, 7) is 1.65. The van der Waals surface area contributed by atoms with Gasteiger partial charge in [-0.3, -0.25) is 4.79 Å². The molecule has 1 atom stereocenters. The van der Waals surface area contributed by atoms with Gasteiger partial charge >= 0.3 is 5.97 Å². The number of ether oxygens (including phenoxy) is 1. The summed E-state index contributed by atoms with van der Waals surface area (Å²) in [5.74, 6) is 0.0319. The highest BCUT2D eigenvalue weighted by atomic mass is 16.5. The molecule has 5 nitrogen and oxygen atoms in total. The number of rotatable bonds is 4. The van der Waals surface area contributed by atoms with Crippen molar-refractivity contribution in [3.8, 4) is 5.75 Å². The molecular formula is C13H12N2O3. The molecule has 92 valence electrons. The van der Waals surface area contributed by atoms with E-state index in [0.717, 1.165) is 0 Å². The molecule has 1 aromatic carbocycles. The first-order valence-electron chi connectivity index (χ1n) is 5.46. The first-order valence-corrected chi connectivity index (χ1v) is 5.46. The number of imidazole rings is 1. The second-order valence-corrected chi connectivity index (χ2v) is 3.75. The summed E-state index contributed by atoms with van der Waals surface area (Å²) in [5.41, 5.74) is 0.340. The van der Waals surface area contributed by atoms with Crippen LogP contribution in [0.2, 0.25) is 0 Å². The zero-order valence-corrected chi connectivity index (χ0v) is 9.82. The van der Waals surface area contributed by atoms with Gasteiger partial charge in [0.05, 0.1) is 12.5 Å². The van der Waals surface area contributed by atoms with Gasteiger partial charge in [0.15, 0.2) is 6.29 Å². The van der Waals surface area contributed by atoms with Crippen LogP contribution in [-0.2, 0) is 4.79 Å². The monoisotopic (exact) mass is 244 g/mol. The lowest BCUT2D eigenvalue weighted by atomic mass is 10.3. The Labute approximate surface area is 104 Å². The highest BCUT2D eigenvalue weighted by molar-refractivity contribution is 5.78. The average Bonchev–Trinajstić information content (AvgIpc) is 2.87. The fraction of sp³-hybridized carbons (Fsp3) is 0.154. The summed E-state index contributed by atoms with van der Waals surface area (Å²) in [7, 11) is 0. The van der Waals surface area contributed by atoms with Gasteiger partial charge in [0.1, 0.15) is 17.5 Å². The van der Waals surface area contributed by atoms with Crippen LogP contribution in [0.5, 0.6) is 5.75 Å². The van der Waals surface area contributed by atoms with Crippen molar-refractivity contribution in [1.29, 1.82) is 0 Å². The molecule has 0 aliphatic carbocycles. The summed E-state index contributed by atoms with van der Waals surface area (Å²) < 4.78 is 6.67. The lowest BCUT2D eigenvalue weighted by molar-refractivity contribution is -0.137. The predicted octanol–water partition coefficient (Wildman–Crippen LogP) is 1.86. The molecule has 0 amide bonds. The van der Waals surface area contributed by atoms with Crippen molar-refractivity contribution in [2.75, 3.05) is 0 Å². The van der Waals surface area contributed by atoms with Crippen molar-refractivity contribution in [3.05, 3.63) is 48.5 Å². The summed E-state index contributed by atoms with van der Waals surface area (Å²) in [5, 5.41) is 0. The van der Waals surface area contributed by atoms with Gasteiger partial charge in [-0.2, -0.15) is 0 Å². The van der Waals surface area contributed by atoms with Crippen molar-refractivity contribution in [3.63, 3.8) is 0 Å². The predicted molar refractivity (Wildman–Crippen MR) is 64.4 cm³/mol. The van der Waals surface area contributed by atoms with E-state index >= 15 is 0 Å². The van der Waals surface area contributed by atoms with E-state index in [1.54, 1.807) is 31.2 Å². The van der Waals surface area contributed by atoms with Crippen molar-refractivity contribution < 1.29 is 14.3 Å². The van der Waals surface area contributed by atoms with Crippen LogP contribution in [-0.4, -0.2) is 21.8 Å². The molecular weight excluding hydrogens is 232 g/mol. The molecule has 0 bridgehead atoms. The molecule has 18 heavy (non-hydrogen) atoms. The second kappa shape index (κ2) is 5.27. The van der Waals surface area contributed by atoms with Gasteiger partial charge in [0.25, 0.3) is 0 Å². The number of para-hydroxylation sites is 1. The lowest BCUT2D eigenvalue weighted by Gasteiger charge is -2.13. The standard InChI is InChI=1S/C13H12N2O3/c1-10(15-9-14-7-11(15)8-16)13(17)18-12-5-3-2-4-6-12/h2-10H,1H3. The summed E-state index contributed by atoms with van der Waals surface area (Å²) in [4.78, 5) is 26.5. The van der Waals surface area contributed by atoms with Gasteiger partial charge < -0.3 is 9.30 Å². The lowest BCUT2D eigenvalue weighted by Crippen LogP contribution is -2.22. The maximum absolute atomic E-state index is 11.9. The molecule has 1 aromatic heterocycles. The largest absolute Gasteiger partial charge is 0.425 e. The molecule has 0 aliphatic heterocycles. The summed E-state index contributed by atoms with van der Waals surface area (Å²) in [6.07, 6.45) is 3.49. The molecule has 0 radical (unpaired) electrons. The molecule has 2 aromatic rings. The molecule has 2 rings (SSSR count). The Morgan fingerprint density at radius 2 is 2.11 bits per heavy atom. The smallest absolute Gasteiger partial charge is 0.334 e. The Morgan fingerprint density at radius 1 is 1.39 bits per heavy atom. The molecule has 1 heterocycles. The van der Waals surface area contributed by atoms with Crippen molar-refractivity contribution in [1.82, 2.24) is 9.55 Å². The van der Waals surface area contributed by atoms with Crippen molar-refractivity contribution in [2.24, 2.45) is 0 Å². The third kappa shape index (κ3) is 2.45. The van der Waals surface area contributed by atoms with Crippen molar-refractivity contribution >= 4 is 12.3 Å². The minimum atomic E-state index is -0.604. The average molecular weight is 244 g/mol. The number of nitrogens with zero attached hydrogens (tertiary/aromatic N) is 2. The quantitative estimate of drug-likeness (QED) is 0.468. The van der Waals surface area contributed by atoms with Crippen LogP contribution in [0.4, 0.5) is 0 Å². The summed E-state index contributed by atoms with van der Waals surface area (Å²) >= 11 is 0. The zero-order valence-electron chi connectivity index (χ0n) is 9.82. The van der Waals surface area contributed by atoms with E-state index in [1.165, 1.54) is 17.1 Å². The van der Waals surface area contributed by atoms with Gasteiger partial charge in [-0.05, 0) is 19.1 Å². The van der Waals surface area contributed by atoms with Gasteiger partial charge in [-0.25, -0.2) is 9.78 Å². The van der Waals surface area contributed by atoms with E-state index in [2.05, 4.69) is 4.98 Å². The first kappa shape index (κ1) is 12.0. The first-order chi connectivity index (χ1) is 8.72. The molecule has 0 spiro atoms. The number of carbonyl (C=O) groups is 2. The minimum Gasteiger partial charge on any atom is -0.425 e. The highest BCUT2D eigenvalue weighted by Crippen LogP contribution is 2.15. The molecule has 0 aliphatic rings. The number of aldehydes is 1. The number of benzene rings is 1. The molecule has 0 saturated carbocycles. The van der Waals surface area contributed by atoms with Crippen molar-refractivity contribution in [2.45, 2.75) is 13.0 Å². The number of hydrogen-bond acceptors (Lipinski definition) is 4. The van der Waals surface area contributed by atoms with Gasteiger partial charge in [-0.1, -0.05) is 18.2 Å². The Morgan fingerprint density at radius 3 is 2.78 bits per heavy atom. The fourth-order valence-electron chi connectivity index (χ4n) is 1.53. The van der Waals surface area contributed by atoms with Gasteiger partial charge in [0, 0.05) is 0 Å². The number of aromatic nitrogens is 2. The topological polar surface area (TPSA) is 61.2 Å². The van der Waals surface area contributed by atoms with Crippen LogP contribution < -0.4 is 4.74 Å². The molecule has 1 unspecified atom stereocenters. The third-order valence-electron chi connectivity index (χ3n) is 2.54. The van der Waals surface area contributed by atoms with Crippen LogP contribution >= 0.6 is 0 Å². The van der Waals surface area contributed by atoms with Crippen LogP contribution in [0.1, 0.15) is 23.5 Å². The highest BCUT2D eigenvalue weighted by Gasteiger charge is 2.19. The van der Waals surface area contributed by atoms with Crippen LogP contribution in [0, 0.1) is 0 Å². The normalized spacial score (nSPS) is 11.8. The zero-order chi connectivity index (χ0) is 13.0. The molecule has 0 saturated heterocycles. The number of hydrogen-bond donors (Lipinski definition) is 0. The molecule has 0 N–H and O–H groups in total. The van der Waals surface area contributed by atoms with Gasteiger partial charge in [0.2, 0.25) is 0 Å². The van der Waals surface area contributed by atoms with E-state index in [0.29, 0.717) is 17.7 Å². The Kier molecular flexibility index (Phi) is 3.52. The SMILES string of the molecule is CC(C(=O)Oc1ccccc1)n1cncc1C=O. The molecule has 0 fully saturated rings.